The van der Waals surface area contributed by atoms with Gasteiger partial charge in [-0.1, -0.05) is 5.10 Å². The molecule has 20 heavy (non-hydrogen) atoms. The summed E-state index contributed by atoms with van der Waals surface area (Å²) in [6, 6.07) is 3.93. The zero-order valence-corrected chi connectivity index (χ0v) is 9.73. The standard InChI is InChI=1S/C9H7N7O4/c17-7(5-1-3-6(4-2-5)16(19)20)10-9(18)11-8-12-14-15-13-8/h1-4H,(H3,10,11,12,13,14,15,17,18). The molecule has 0 aliphatic rings. The van der Waals surface area contributed by atoms with Gasteiger partial charge in [0.2, 0.25) is 0 Å². The number of anilines is 1. The topological polar surface area (TPSA) is 156 Å². The van der Waals surface area contributed by atoms with Gasteiger partial charge in [0, 0.05) is 17.7 Å². The van der Waals surface area contributed by atoms with E-state index in [4.69, 9.17) is 0 Å². The number of tetrazole rings is 1. The van der Waals surface area contributed by atoms with Crippen LogP contribution in [0.15, 0.2) is 24.3 Å². The van der Waals surface area contributed by atoms with Crippen LogP contribution in [0.25, 0.3) is 0 Å². The molecule has 0 saturated carbocycles. The van der Waals surface area contributed by atoms with E-state index in [1.54, 1.807) is 0 Å². The van der Waals surface area contributed by atoms with E-state index in [-0.39, 0.29) is 17.2 Å². The highest BCUT2D eigenvalue weighted by atomic mass is 16.6. The maximum Gasteiger partial charge on any atom is 0.328 e. The number of carbonyl (C=O) groups is 2. The second kappa shape index (κ2) is 5.51. The fourth-order valence-corrected chi connectivity index (χ4v) is 1.26. The molecule has 11 nitrogen and oxygen atoms in total. The number of carbonyl (C=O) groups excluding carboxylic acids is 2. The van der Waals surface area contributed by atoms with Crippen LogP contribution in [-0.2, 0) is 0 Å². The predicted octanol–water partition coefficient (Wildman–Crippen LogP) is 0.0698. The number of rotatable bonds is 3. The Morgan fingerprint density at radius 2 is 1.95 bits per heavy atom. The van der Waals surface area contributed by atoms with Gasteiger partial charge in [0.25, 0.3) is 17.5 Å². The van der Waals surface area contributed by atoms with Gasteiger partial charge in [0.15, 0.2) is 0 Å². The summed E-state index contributed by atoms with van der Waals surface area (Å²) >= 11 is 0. The van der Waals surface area contributed by atoms with Crippen LogP contribution in [0.4, 0.5) is 16.4 Å². The number of nitrogens with one attached hydrogen (secondary N) is 3. The minimum Gasteiger partial charge on any atom is -0.274 e. The van der Waals surface area contributed by atoms with E-state index in [9.17, 15) is 19.7 Å². The summed E-state index contributed by atoms with van der Waals surface area (Å²) in [6.45, 7) is 0. The van der Waals surface area contributed by atoms with Crippen molar-refractivity contribution in [1.82, 2.24) is 25.9 Å². The van der Waals surface area contributed by atoms with E-state index < -0.39 is 16.9 Å². The molecular weight excluding hydrogens is 270 g/mol. The predicted molar refractivity (Wildman–Crippen MR) is 63.8 cm³/mol. The lowest BCUT2D eigenvalue weighted by Crippen LogP contribution is -2.34. The second-order valence-electron chi connectivity index (χ2n) is 3.45. The molecule has 2 aromatic rings. The van der Waals surface area contributed by atoms with Gasteiger partial charge in [0.05, 0.1) is 4.92 Å². The largest absolute Gasteiger partial charge is 0.328 e. The van der Waals surface area contributed by atoms with E-state index in [0.29, 0.717) is 0 Å². The summed E-state index contributed by atoms with van der Waals surface area (Å²) in [5, 5.41) is 26.9. The number of hydrogen-bond donors (Lipinski definition) is 3. The molecule has 1 heterocycles. The normalized spacial score (nSPS) is 9.80. The molecule has 0 spiro atoms. The van der Waals surface area contributed by atoms with Crippen LogP contribution in [0.1, 0.15) is 10.4 Å². The third kappa shape index (κ3) is 3.10. The van der Waals surface area contributed by atoms with Gasteiger partial charge in [0.1, 0.15) is 0 Å². The van der Waals surface area contributed by atoms with Crippen molar-refractivity contribution in [3.63, 3.8) is 0 Å². The Balaban J connectivity index is 1.97. The highest BCUT2D eigenvalue weighted by molar-refractivity contribution is 6.07. The Bertz CT molecular complexity index is 637. The van der Waals surface area contributed by atoms with Gasteiger partial charge in [-0.05, 0) is 17.3 Å². The van der Waals surface area contributed by atoms with Crippen LogP contribution >= 0.6 is 0 Å². The second-order valence-corrected chi connectivity index (χ2v) is 3.45. The van der Waals surface area contributed by atoms with E-state index in [2.05, 4.69) is 25.9 Å². The van der Waals surface area contributed by atoms with Crippen LogP contribution in [0.5, 0.6) is 0 Å². The molecule has 0 saturated heterocycles. The highest BCUT2D eigenvalue weighted by Crippen LogP contribution is 2.11. The molecule has 1 aromatic heterocycles. The van der Waals surface area contributed by atoms with Crippen molar-refractivity contribution in [3.05, 3.63) is 39.9 Å². The maximum atomic E-state index is 11.7. The minimum absolute atomic E-state index is 0.0962. The first-order chi connectivity index (χ1) is 9.56. The molecule has 102 valence electrons. The van der Waals surface area contributed by atoms with Crippen LogP contribution in [0, 0.1) is 10.1 Å². The fourth-order valence-electron chi connectivity index (χ4n) is 1.26. The lowest BCUT2D eigenvalue weighted by Gasteiger charge is -2.03. The van der Waals surface area contributed by atoms with Gasteiger partial charge < -0.3 is 0 Å². The van der Waals surface area contributed by atoms with Gasteiger partial charge in [-0.2, -0.15) is 5.21 Å². The van der Waals surface area contributed by atoms with Gasteiger partial charge in [-0.15, -0.1) is 5.10 Å². The average Bonchev–Trinajstić information content (AvgIpc) is 2.91. The molecule has 3 amide bonds. The number of benzene rings is 1. The van der Waals surface area contributed by atoms with Crippen molar-refractivity contribution >= 4 is 23.6 Å². The van der Waals surface area contributed by atoms with E-state index in [1.807, 2.05) is 5.32 Å². The first-order valence-electron chi connectivity index (χ1n) is 5.16. The minimum atomic E-state index is -0.852. The smallest absolute Gasteiger partial charge is 0.274 e. The quantitative estimate of drug-likeness (QED) is 0.529. The summed E-state index contributed by atoms with van der Waals surface area (Å²) < 4.78 is 0. The van der Waals surface area contributed by atoms with E-state index in [1.165, 1.54) is 12.1 Å². The molecule has 0 unspecified atom stereocenters. The number of non-ortho nitro benzene ring substituents is 1. The van der Waals surface area contributed by atoms with Crippen LogP contribution < -0.4 is 10.6 Å². The van der Waals surface area contributed by atoms with Crippen molar-refractivity contribution in [2.75, 3.05) is 5.32 Å². The molecule has 0 aliphatic carbocycles. The lowest BCUT2D eigenvalue weighted by atomic mass is 10.2. The molecule has 0 fully saturated rings. The summed E-state index contributed by atoms with van der Waals surface area (Å²) in [6.07, 6.45) is 0. The van der Waals surface area contributed by atoms with Crippen molar-refractivity contribution in [2.24, 2.45) is 0 Å². The third-order valence-corrected chi connectivity index (χ3v) is 2.14. The number of amides is 3. The molecule has 0 bridgehead atoms. The Kier molecular flexibility index (Phi) is 3.60. The highest BCUT2D eigenvalue weighted by Gasteiger charge is 2.13. The number of H-pyrrole nitrogens is 1. The summed E-state index contributed by atoms with van der Waals surface area (Å²) in [5.74, 6) is -0.820. The van der Waals surface area contributed by atoms with Gasteiger partial charge in [-0.25, -0.2) is 4.79 Å². The number of aromatic nitrogens is 4. The Morgan fingerprint density at radius 3 is 2.50 bits per heavy atom. The van der Waals surface area contributed by atoms with Crippen molar-refractivity contribution in [2.45, 2.75) is 0 Å². The van der Waals surface area contributed by atoms with E-state index in [0.717, 1.165) is 12.1 Å². The Morgan fingerprint density at radius 1 is 1.25 bits per heavy atom. The maximum absolute atomic E-state index is 11.7. The monoisotopic (exact) mass is 277 g/mol. The molecule has 0 radical (unpaired) electrons. The van der Waals surface area contributed by atoms with Crippen LogP contribution in [0.3, 0.4) is 0 Å². The number of nitro benzene ring substituents is 1. The molecule has 2 rings (SSSR count). The van der Waals surface area contributed by atoms with E-state index >= 15 is 0 Å². The number of nitrogens with zero attached hydrogens (tertiary/aromatic N) is 4. The first kappa shape index (κ1) is 13.1. The van der Waals surface area contributed by atoms with Crippen molar-refractivity contribution in [1.29, 1.82) is 0 Å². The fraction of sp³-hybridized carbons (Fsp3) is 0. The van der Waals surface area contributed by atoms with Gasteiger partial charge in [-0.3, -0.25) is 25.5 Å². The lowest BCUT2D eigenvalue weighted by molar-refractivity contribution is -0.384. The zero-order chi connectivity index (χ0) is 14.5. The summed E-state index contributed by atoms with van der Waals surface area (Å²) in [5.41, 5.74) is -0.0586. The summed E-state index contributed by atoms with van der Waals surface area (Å²) in [4.78, 5) is 32.9. The molecule has 3 N–H and O–H groups in total. The van der Waals surface area contributed by atoms with Gasteiger partial charge >= 0.3 is 6.03 Å². The number of imide groups is 1. The van der Waals surface area contributed by atoms with Crippen LogP contribution in [-0.4, -0.2) is 37.5 Å². The number of nitro groups is 1. The third-order valence-electron chi connectivity index (χ3n) is 2.14. The molecule has 1 aromatic carbocycles. The number of urea groups is 1. The first-order valence-corrected chi connectivity index (χ1v) is 5.16. The molecular formula is C9H7N7O4. The summed E-state index contributed by atoms with van der Waals surface area (Å²) in [7, 11) is 0. The van der Waals surface area contributed by atoms with Crippen LogP contribution in [0.2, 0.25) is 0 Å². The zero-order valence-electron chi connectivity index (χ0n) is 9.73. The average molecular weight is 277 g/mol. The molecule has 0 aliphatic heterocycles. The number of hydrogen-bond acceptors (Lipinski definition) is 7. The van der Waals surface area contributed by atoms with Crippen molar-refractivity contribution in [3.8, 4) is 0 Å². The Labute approximate surface area is 110 Å². The molecule has 11 heteroatoms. The van der Waals surface area contributed by atoms with Crippen molar-refractivity contribution < 1.29 is 14.5 Å². The number of aromatic amines is 1. The molecule has 0 atom stereocenters. The Hall–Kier alpha value is -3.37. The SMILES string of the molecule is O=C(NC(=O)c1ccc([N+](=O)[O-])cc1)Nc1nn[nH]n1.